The Balaban J connectivity index is 2.01. The summed E-state index contributed by atoms with van der Waals surface area (Å²) in [5.74, 6) is 0.828. The van der Waals surface area contributed by atoms with Gasteiger partial charge in [0.1, 0.15) is 5.75 Å². The van der Waals surface area contributed by atoms with E-state index in [1.54, 1.807) is 12.1 Å². The summed E-state index contributed by atoms with van der Waals surface area (Å²) in [6.45, 7) is 5.99. The van der Waals surface area contributed by atoms with E-state index in [4.69, 9.17) is 0 Å². The van der Waals surface area contributed by atoms with Gasteiger partial charge >= 0.3 is 6.61 Å². The number of nitrogens with zero attached hydrogens (tertiary/aromatic N) is 2. The number of ether oxygens (including phenoxy) is 1. The van der Waals surface area contributed by atoms with Crippen LogP contribution in [0.1, 0.15) is 25.8 Å². The van der Waals surface area contributed by atoms with Crippen LogP contribution in [0.15, 0.2) is 24.3 Å². The van der Waals surface area contributed by atoms with Crippen molar-refractivity contribution in [3.05, 3.63) is 29.8 Å². The van der Waals surface area contributed by atoms with Crippen molar-refractivity contribution in [2.24, 2.45) is 5.92 Å². The van der Waals surface area contributed by atoms with Crippen LogP contribution in [-0.2, 0) is 6.54 Å². The Labute approximate surface area is 143 Å². The van der Waals surface area contributed by atoms with Crippen LogP contribution in [0.2, 0.25) is 0 Å². The minimum absolute atomic E-state index is 0.165. The second-order valence-electron chi connectivity index (χ2n) is 6.78. The maximum absolute atomic E-state index is 12.5. The highest BCUT2D eigenvalue weighted by Gasteiger charge is 2.27. The van der Waals surface area contributed by atoms with Crippen LogP contribution in [0.3, 0.4) is 0 Å². The van der Waals surface area contributed by atoms with E-state index in [1.165, 1.54) is 0 Å². The van der Waals surface area contributed by atoms with E-state index in [0.717, 1.165) is 38.2 Å². The highest BCUT2D eigenvalue weighted by molar-refractivity contribution is 5.33. The van der Waals surface area contributed by atoms with Gasteiger partial charge in [0.15, 0.2) is 0 Å². The molecule has 0 aromatic heterocycles. The lowest BCUT2D eigenvalue weighted by Gasteiger charge is -2.42. The second-order valence-corrected chi connectivity index (χ2v) is 6.78. The minimum atomic E-state index is -2.81. The predicted molar refractivity (Wildman–Crippen MR) is 90.3 cm³/mol. The average Bonchev–Trinajstić information content (AvgIpc) is 2.51. The Morgan fingerprint density at radius 1 is 1.25 bits per heavy atom. The van der Waals surface area contributed by atoms with E-state index >= 15 is 0 Å². The fraction of sp³-hybridized carbons (Fsp3) is 0.667. The van der Waals surface area contributed by atoms with Crippen LogP contribution in [0.4, 0.5) is 8.78 Å². The standard InChI is InChI=1S/C18H28F2N2O2/c1-14(2)11-22-9-8-21(13-16(22)7-10-23)12-15-5-3-4-6-17(15)24-18(19)20/h3-6,14,16,18,23H,7-13H2,1-2H3. The van der Waals surface area contributed by atoms with Gasteiger partial charge in [-0.1, -0.05) is 32.0 Å². The molecule has 1 heterocycles. The smallest absolute Gasteiger partial charge is 0.387 e. The van der Waals surface area contributed by atoms with Crippen molar-refractivity contribution in [3.8, 4) is 5.75 Å². The first-order valence-corrected chi connectivity index (χ1v) is 8.59. The maximum Gasteiger partial charge on any atom is 0.387 e. The lowest BCUT2D eigenvalue weighted by Crippen LogP contribution is -2.53. The molecule has 0 radical (unpaired) electrons. The number of benzene rings is 1. The summed E-state index contributed by atoms with van der Waals surface area (Å²) in [6.07, 6.45) is 0.735. The van der Waals surface area contributed by atoms with E-state index in [0.29, 0.717) is 18.5 Å². The molecule has 1 saturated heterocycles. The first-order valence-electron chi connectivity index (χ1n) is 8.59. The Kier molecular flexibility index (Phi) is 7.40. The predicted octanol–water partition coefficient (Wildman–Crippen LogP) is 2.81. The SMILES string of the molecule is CC(C)CN1CCN(Cc2ccccc2OC(F)F)CC1CCO. The molecule has 0 aliphatic carbocycles. The number of aliphatic hydroxyl groups excluding tert-OH is 1. The Hall–Kier alpha value is -1.24. The number of alkyl halides is 2. The van der Waals surface area contributed by atoms with Crippen LogP contribution in [0.5, 0.6) is 5.75 Å². The lowest BCUT2D eigenvalue weighted by atomic mass is 10.1. The molecule has 136 valence electrons. The Morgan fingerprint density at radius 3 is 2.67 bits per heavy atom. The molecule has 4 nitrogen and oxygen atoms in total. The molecule has 6 heteroatoms. The van der Waals surface area contributed by atoms with Gasteiger partial charge in [-0.15, -0.1) is 0 Å². The zero-order chi connectivity index (χ0) is 17.5. The number of piperazine rings is 1. The summed E-state index contributed by atoms with van der Waals surface area (Å²) >= 11 is 0. The molecular formula is C18H28F2N2O2. The number of hydrogen-bond acceptors (Lipinski definition) is 4. The van der Waals surface area contributed by atoms with Crippen molar-refractivity contribution in [2.75, 3.05) is 32.8 Å². The number of rotatable bonds is 8. The lowest BCUT2D eigenvalue weighted by molar-refractivity contribution is -0.0510. The van der Waals surface area contributed by atoms with E-state index in [9.17, 15) is 13.9 Å². The average molecular weight is 342 g/mol. The molecule has 1 aromatic carbocycles. The third-order valence-electron chi connectivity index (χ3n) is 4.33. The van der Waals surface area contributed by atoms with Gasteiger partial charge in [-0.05, 0) is 18.4 Å². The van der Waals surface area contributed by atoms with Gasteiger partial charge in [-0.25, -0.2) is 0 Å². The summed E-state index contributed by atoms with van der Waals surface area (Å²) < 4.78 is 29.7. The summed E-state index contributed by atoms with van der Waals surface area (Å²) in [7, 11) is 0. The van der Waals surface area contributed by atoms with E-state index in [2.05, 4.69) is 28.4 Å². The molecule has 1 atom stereocenters. The first kappa shape index (κ1) is 19.1. The molecule has 0 amide bonds. The molecule has 0 saturated carbocycles. The molecule has 1 aliphatic heterocycles. The monoisotopic (exact) mass is 342 g/mol. The number of halogens is 2. The Bertz CT molecular complexity index is 500. The van der Waals surface area contributed by atoms with E-state index in [1.807, 2.05) is 12.1 Å². The Morgan fingerprint density at radius 2 is 2.00 bits per heavy atom. The van der Waals surface area contributed by atoms with Crippen molar-refractivity contribution in [2.45, 2.75) is 39.5 Å². The van der Waals surface area contributed by atoms with E-state index < -0.39 is 6.61 Å². The van der Waals surface area contributed by atoms with E-state index in [-0.39, 0.29) is 12.4 Å². The summed E-state index contributed by atoms with van der Waals surface area (Å²) in [4.78, 5) is 4.68. The molecule has 1 aliphatic rings. The van der Waals surface area contributed by atoms with Crippen LogP contribution in [0.25, 0.3) is 0 Å². The van der Waals surface area contributed by atoms with Crippen LogP contribution < -0.4 is 4.74 Å². The number of para-hydroxylation sites is 1. The highest BCUT2D eigenvalue weighted by Crippen LogP contribution is 2.24. The highest BCUT2D eigenvalue weighted by atomic mass is 19.3. The molecule has 0 bridgehead atoms. The zero-order valence-corrected chi connectivity index (χ0v) is 14.5. The molecule has 1 unspecified atom stereocenters. The maximum atomic E-state index is 12.5. The molecule has 1 aromatic rings. The zero-order valence-electron chi connectivity index (χ0n) is 14.5. The third kappa shape index (κ3) is 5.69. The normalized spacial score (nSPS) is 20.0. The quantitative estimate of drug-likeness (QED) is 0.788. The van der Waals surface area contributed by atoms with Gasteiger partial charge < -0.3 is 9.84 Å². The summed E-state index contributed by atoms with van der Waals surface area (Å²) in [5, 5.41) is 9.34. The second kappa shape index (κ2) is 9.30. The molecule has 1 fully saturated rings. The molecule has 1 N–H and O–H groups in total. The van der Waals surface area contributed by atoms with Crippen molar-refractivity contribution in [1.29, 1.82) is 0 Å². The summed E-state index contributed by atoms with van der Waals surface area (Å²) in [5.41, 5.74) is 0.776. The van der Waals surface area contributed by atoms with Crippen LogP contribution >= 0.6 is 0 Å². The molecular weight excluding hydrogens is 314 g/mol. The fourth-order valence-corrected chi connectivity index (χ4v) is 3.32. The molecule has 24 heavy (non-hydrogen) atoms. The number of aliphatic hydroxyl groups is 1. The van der Waals surface area contributed by atoms with Gasteiger partial charge in [0.25, 0.3) is 0 Å². The third-order valence-corrected chi connectivity index (χ3v) is 4.33. The summed E-state index contributed by atoms with van der Waals surface area (Å²) in [6, 6.07) is 7.26. The van der Waals surface area contributed by atoms with Gasteiger partial charge in [0.2, 0.25) is 0 Å². The van der Waals surface area contributed by atoms with Gasteiger partial charge in [-0.3, -0.25) is 9.80 Å². The molecule has 0 spiro atoms. The largest absolute Gasteiger partial charge is 0.434 e. The minimum Gasteiger partial charge on any atom is -0.434 e. The van der Waals surface area contributed by atoms with Crippen molar-refractivity contribution in [1.82, 2.24) is 9.80 Å². The number of hydrogen-bond donors (Lipinski definition) is 1. The molecule has 2 rings (SSSR count). The first-order chi connectivity index (χ1) is 11.5. The fourth-order valence-electron chi connectivity index (χ4n) is 3.32. The van der Waals surface area contributed by atoms with Crippen LogP contribution in [0, 0.1) is 5.92 Å². The van der Waals surface area contributed by atoms with Crippen molar-refractivity contribution >= 4 is 0 Å². The van der Waals surface area contributed by atoms with Gasteiger partial charge in [0.05, 0.1) is 0 Å². The van der Waals surface area contributed by atoms with Gasteiger partial charge in [-0.2, -0.15) is 8.78 Å². The van der Waals surface area contributed by atoms with Crippen LogP contribution in [-0.4, -0.2) is 60.3 Å². The van der Waals surface area contributed by atoms with Crippen molar-refractivity contribution in [3.63, 3.8) is 0 Å². The topological polar surface area (TPSA) is 35.9 Å². The van der Waals surface area contributed by atoms with Gasteiger partial charge in [0, 0.05) is 50.9 Å². The van der Waals surface area contributed by atoms with Crippen molar-refractivity contribution < 1.29 is 18.6 Å².